The summed E-state index contributed by atoms with van der Waals surface area (Å²) in [6.07, 6.45) is 0. The standard InChI is InChI=1S/C12H17OP/c1-8(2)10-6-5-7-11(14-13)12(10)9(3)4/h5-9H,1-4H3. The topological polar surface area (TPSA) is 17.1 Å². The van der Waals surface area contributed by atoms with E-state index in [1.54, 1.807) is 0 Å². The van der Waals surface area contributed by atoms with E-state index in [9.17, 15) is 4.57 Å². The minimum absolute atomic E-state index is 0.133. The predicted octanol–water partition coefficient (Wildman–Crippen LogP) is 3.85. The summed E-state index contributed by atoms with van der Waals surface area (Å²) in [6, 6.07) is 6.06. The molecular weight excluding hydrogens is 191 g/mol. The summed E-state index contributed by atoms with van der Waals surface area (Å²) in [6.45, 7) is 8.64. The van der Waals surface area contributed by atoms with E-state index in [0.717, 1.165) is 5.30 Å². The van der Waals surface area contributed by atoms with Gasteiger partial charge in [0.1, 0.15) is 0 Å². The SMILES string of the molecule is CC(C)c1cccc(P=O)c1C(C)C. The zero-order valence-electron chi connectivity index (χ0n) is 9.24. The zero-order chi connectivity index (χ0) is 10.7. The maximum absolute atomic E-state index is 11.0. The molecule has 0 saturated carbocycles. The van der Waals surface area contributed by atoms with Gasteiger partial charge in [0.25, 0.3) is 0 Å². The molecule has 1 nitrogen and oxygen atoms in total. The molecule has 0 aliphatic carbocycles. The van der Waals surface area contributed by atoms with E-state index in [1.165, 1.54) is 11.1 Å². The molecule has 0 unspecified atom stereocenters. The van der Waals surface area contributed by atoms with E-state index in [0.29, 0.717) is 11.8 Å². The molecule has 0 aliphatic heterocycles. The minimum Gasteiger partial charge on any atom is -0.269 e. The van der Waals surface area contributed by atoms with E-state index < -0.39 is 0 Å². The van der Waals surface area contributed by atoms with Crippen molar-refractivity contribution in [3.05, 3.63) is 29.3 Å². The quantitative estimate of drug-likeness (QED) is 0.689. The van der Waals surface area contributed by atoms with Crippen molar-refractivity contribution in [2.24, 2.45) is 0 Å². The lowest BCUT2D eigenvalue weighted by Crippen LogP contribution is -2.09. The molecule has 0 fully saturated rings. The van der Waals surface area contributed by atoms with Gasteiger partial charge < -0.3 is 0 Å². The first-order valence-corrected chi connectivity index (χ1v) is 5.85. The molecule has 0 radical (unpaired) electrons. The van der Waals surface area contributed by atoms with Gasteiger partial charge in [0.05, 0.1) is 0 Å². The molecule has 0 bridgehead atoms. The summed E-state index contributed by atoms with van der Waals surface area (Å²) in [7, 11) is 0.133. The van der Waals surface area contributed by atoms with Crippen molar-refractivity contribution in [2.75, 3.05) is 0 Å². The van der Waals surface area contributed by atoms with Gasteiger partial charge in [-0.25, -0.2) is 0 Å². The molecular formula is C12H17OP. The van der Waals surface area contributed by atoms with Gasteiger partial charge in [0.2, 0.25) is 0 Å². The third-order valence-corrected chi connectivity index (χ3v) is 3.00. The maximum atomic E-state index is 11.0. The summed E-state index contributed by atoms with van der Waals surface area (Å²) in [5.41, 5.74) is 2.57. The predicted molar refractivity (Wildman–Crippen MR) is 61.9 cm³/mol. The minimum atomic E-state index is 0.133. The van der Waals surface area contributed by atoms with Crippen LogP contribution in [0.25, 0.3) is 0 Å². The second-order valence-electron chi connectivity index (χ2n) is 4.18. The van der Waals surface area contributed by atoms with Crippen molar-refractivity contribution in [3.8, 4) is 0 Å². The Kier molecular flexibility index (Phi) is 3.83. The van der Waals surface area contributed by atoms with Crippen molar-refractivity contribution in [1.82, 2.24) is 0 Å². The van der Waals surface area contributed by atoms with Crippen molar-refractivity contribution >= 4 is 13.8 Å². The first kappa shape index (κ1) is 11.4. The Bertz CT molecular complexity index is 329. The van der Waals surface area contributed by atoms with Crippen molar-refractivity contribution in [3.63, 3.8) is 0 Å². The average molecular weight is 208 g/mol. The third-order valence-electron chi connectivity index (χ3n) is 2.41. The van der Waals surface area contributed by atoms with Crippen LogP contribution in [-0.4, -0.2) is 0 Å². The molecule has 0 aliphatic rings. The smallest absolute Gasteiger partial charge is 0.192 e. The Morgan fingerprint density at radius 1 is 1.07 bits per heavy atom. The lowest BCUT2D eigenvalue weighted by atomic mass is 9.91. The largest absolute Gasteiger partial charge is 0.269 e. The van der Waals surface area contributed by atoms with Crippen LogP contribution in [0.4, 0.5) is 0 Å². The lowest BCUT2D eigenvalue weighted by Gasteiger charge is -2.17. The van der Waals surface area contributed by atoms with E-state index in [4.69, 9.17) is 0 Å². The zero-order valence-corrected chi connectivity index (χ0v) is 10.1. The van der Waals surface area contributed by atoms with Crippen LogP contribution in [-0.2, 0) is 4.57 Å². The Morgan fingerprint density at radius 2 is 1.71 bits per heavy atom. The normalized spacial score (nSPS) is 11.6. The Balaban J connectivity index is 3.35. The molecule has 0 amide bonds. The molecule has 0 saturated heterocycles. The highest BCUT2D eigenvalue weighted by molar-refractivity contribution is 7.34. The molecule has 0 N–H and O–H groups in total. The highest BCUT2D eigenvalue weighted by atomic mass is 31.1. The van der Waals surface area contributed by atoms with Gasteiger partial charge in [-0.1, -0.05) is 39.8 Å². The highest BCUT2D eigenvalue weighted by Gasteiger charge is 2.13. The Morgan fingerprint density at radius 3 is 2.14 bits per heavy atom. The summed E-state index contributed by atoms with van der Waals surface area (Å²) < 4.78 is 11.0. The van der Waals surface area contributed by atoms with E-state index >= 15 is 0 Å². The number of hydrogen-bond donors (Lipinski definition) is 0. The van der Waals surface area contributed by atoms with Gasteiger partial charge in [0, 0.05) is 5.30 Å². The molecule has 0 heterocycles. The van der Waals surface area contributed by atoms with Crippen molar-refractivity contribution in [1.29, 1.82) is 0 Å². The van der Waals surface area contributed by atoms with Crippen LogP contribution in [0, 0.1) is 0 Å². The molecule has 1 rings (SSSR count). The number of hydrogen-bond acceptors (Lipinski definition) is 1. The fraction of sp³-hybridized carbons (Fsp3) is 0.500. The van der Waals surface area contributed by atoms with Crippen LogP contribution in [0.2, 0.25) is 0 Å². The van der Waals surface area contributed by atoms with Gasteiger partial charge in [-0.3, -0.25) is 4.57 Å². The van der Waals surface area contributed by atoms with Crippen molar-refractivity contribution in [2.45, 2.75) is 39.5 Å². The number of benzene rings is 1. The average Bonchev–Trinajstić information content (AvgIpc) is 2.16. The van der Waals surface area contributed by atoms with Crippen LogP contribution < -0.4 is 5.30 Å². The van der Waals surface area contributed by atoms with E-state index in [2.05, 4.69) is 33.8 Å². The van der Waals surface area contributed by atoms with Gasteiger partial charge in [-0.2, -0.15) is 0 Å². The second-order valence-corrected chi connectivity index (χ2v) is 4.85. The molecule has 0 atom stereocenters. The van der Waals surface area contributed by atoms with Crippen LogP contribution in [0.3, 0.4) is 0 Å². The van der Waals surface area contributed by atoms with Crippen LogP contribution >= 0.6 is 8.46 Å². The van der Waals surface area contributed by atoms with Crippen molar-refractivity contribution < 1.29 is 4.57 Å². The fourth-order valence-electron chi connectivity index (χ4n) is 1.78. The summed E-state index contributed by atoms with van der Waals surface area (Å²) >= 11 is 0. The summed E-state index contributed by atoms with van der Waals surface area (Å²) in [5.74, 6) is 0.930. The Hall–Kier alpha value is -0.680. The van der Waals surface area contributed by atoms with Crippen LogP contribution in [0.1, 0.15) is 50.7 Å². The van der Waals surface area contributed by atoms with Gasteiger partial charge in [0.15, 0.2) is 8.46 Å². The van der Waals surface area contributed by atoms with Gasteiger partial charge in [-0.05, 0) is 29.0 Å². The summed E-state index contributed by atoms with van der Waals surface area (Å²) in [4.78, 5) is 0. The van der Waals surface area contributed by atoms with E-state index in [1.807, 2.05) is 12.1 Å². The monoisotopic (exact) mass is 208 g/mol. The molecule has 2 heteroatoms. The fourth-order valence-corrected chi connectivity index (χ4v) is 2.42. The molecule has 1 aromatic rings. The molecule has 14 heavy (non-hydrogen) atoms. The van der Waals surface area contributed by atoms with Crippen LogP contribution in [0.15, 0.2) is 18.2 Å². The summed E-state index contributed by atoms with van der Waals surface area (Å²) in [5, 5.41) is 0.936. The van der Waals surface area contributed by atoms with E-state index in [-0.39, 0.29) is 8.46 Å². The third kappa shape index (κ3) is 2.22. The first-order valence-electron chi connectivity index (χ1n) is 5.04. The maximum Gasteiger partial charge on any atom is 0.192 e. The van der Waals surface area contributed by atoms with Gasteiger partial charge in [-0.15, -0.1) is 0 Å². The molecule has 0 aromatic heterocycles. The van der Waals surface area contributed by atoms with Crippen LogP contribution in [0.5, 0.6) is 0 Å². The highest BCUT2D eigenvalue weighted by Crippen LogP contribution is 2.26. The molecule has 1 aromatic carbocycles. The molecule has 76 valence electrons. The molecule has 0 spiro atoms. The van der Waals surface area contributed by atoms with Gasteiger partial charge >= 0.3 is 0 Å². The first-order chi connectivity index (χ1) is 6.57. The Labute approximate surface area is 87.7 Å². The second kappa shape index (κ2) is 4.70. The lowest BCUT2D eigenvalue weighted by molar-refractivity contribution is 0.602. The number of rotatable bonds is 3.